The maximum absolute atomic E-state index is 15.0. The van der Waals surface area contributed by atoms with Crippen LogP contribution in [-0.2, 0) is 89.3 Å². The topological polar surface area (TPSA) is 500 Å². The van der Waals surface area contributed by atoms with Crippen molar-refractivity contribution in [2.75, 3.05) is 85.6 Å². The Labute approximate surface area is 638 Å². The molecule has 2 saturated heterocycles. The predicted octanol–water partition coefficient (Wildman–Crippen LogP) is 1.48. The molecule has 0 saturated carbocycles. The number of aliphatic hydroxyl groups excluding tert-OH is 1. The molecule has 3 heterocycles. The van der Waals surface area contributed by atoms with Gasteiger partial charge in [0.25, 0.3) is 0 Å². The Morgan fingerprint density at radius 2 is 1.20 bits per heavy atom. The fourth-order valence-electron chi connectivity index (χ4n) is 12.7. The first kappa shape index (κ1) is 90.3. The van der Waals surface area contributed by atoms with Gasteiger partial charge in [-0.15, -0.1) is 0 Å². The quantitative estimate of drug-likeness (QED) is 0.0216. The van der Waals surface area contributed by atoms with Crippen molar-refractivity contribution in [3.8, 4) is 0 Å². The molecule has 0 bridgehead atoms. The number of unbranched alkanes of at least 4 members (excludes halogenated alkanes) is 12. The number of benzene rings is 2. The number of guanidine groups is 1. The number of nitrogens with one attached hydrogen (secondary N) is 10. The third-order valence-corrected chi connectivity index (χ3v) is 18.7. The van der Waals surface area contributed by atoms with Gasteiger partial charge in [0, 0.05) is 88.3 Å². The number of hydrogen-bond acceptors (Lipinski definition) is 18. The zero-order valence-corrected chi connectivity index (χ0v) is 63.2. The molecule has 2 aromatic carbocycles. The molecular formula is C76H119N15O18. The first-order valence-electron chi connectivity index (χ1n) is 38.7. The summed E-state index contributed by atoms with van der Waals surface area (Å²) in [6, 6.07) is 6.36. The number of fused-ring (bicyclic) bond motifs is 2. The number of ether oxygens (including phenoxy) is 4. The minimum Gasteiger partial charge on any atom is -0.481 e. The molecule has 33 heteroatoms. The van der Waals surface area contributed by atoms with Gasteiger partial charge in [0.2, 0.25) is 65.0 Å². The van der Waals surface area contributed by atoms with E-state index < -0.39 is 114 Å². The summed E-state index contributed by atoms with van der Waals surface area (Å²) in [5.41, 5.74) is 19.1. The summed E-state index contributed by atoms with van der Waals surface area (Å²) in [7, 11) is 0. The number of aliphatic hydroxyl groups is 1. The highest BCUT2D eigenvalue weighted by atomic mass is 16.5. The van der Waals surface area contributed by atoms with E-state index in [1.165, 1.54) is 25.7 Å². The Morgan fingerprint density at radius 3 is 1.85 bits per heavy atom. The van der Waals surface area contributed by atoms with Gasteiger partial charge in [0.15, 0.2) is 5.96 Å². The Balaban J connectivity index is 1.13. The number of aliphatic imine (C=N–C) groups is 1. The molecule has 0 aliphatic carbocycles. The number of hydrogen-bond donors (Lipinski definition) is 15. The summed E-state index contributed by atoms with van der Waals surface area (Å²) in [4.78, 5) is 172. The largest absolute Gasteiger partial charge is 0.481 e. The van der Waals surface area contributed by atoms with Crippen LogP contribution in [0.15, 0.2) is 65.8 Å². The lowest BCUT2D eigenvalue weighted by Gasteiger charge is -2.31. The second kappa shape index (κ2) is 52.7. The molecule has 33 nitrogen and oxygen atoms in total. The van der Waals surface area contributed by atoms with E-state index in [9.17, 15) is 62.6 Å². The number of carbonyl (C=O) groups excluding carboxylic acids is 11. The molecule has 0 unspecified atom stereocenters. The van der Waals surface area contributed by atoms with E-state index in [-0.39, 0.29) is 154 Å². The van der Waals surface area contributed by atoms with Gasteiger partial charge in [-0.2, -0.15) is 0 Å². The number of carbonyl (C=O) groups is 12. The van der Waals surface area contributed by atoms with Crippen molar-refractivity contribution in [1.82, 2.24) is 57.7 Å². The first-order chi connectivity index (χ1) is 52.6. The number of carboxylic acids is 1. The molecule has 0 spiro atoms. The molecule has 5 rings (SSSR count). The fourth-order valence-corrected chi connectivity index (χ4v) is 12.7. The number of primary amides is 1. The van der Waals surface area contributed by atoms with Crippen LogP contribution in [0.25, 0.3) is 10.9 Å². The lowest BCUT2D eigenvalue weighted by molar-refractivity contribution is -0.143. The average Bonchev–Trinajstić information content (AvgIpc) is 1.68. The van der Waals surface area contributed by atoms with Crippen LogP contribution >= 0.6 is 0 Å². The lowest BCUT2D eigenvalue weighted by atomic mass is 10.0. The van der Waals surface area contributed by atoms with Crippen LogP contribution in [0, 0.1) is 0 Å². The number of aromatic amines is 1. The number of rotatable bonds is 46. The van der Waals surface area contributed by atoms with Crippen molar-refractivity contribution in [1.29, 1.82) is 0 Å². The summed E-state index contributed by atoms with van der Waals surface area (Å²) in [5.74, 6) is -8.35. The minimum atomic E-state index is -1.51. The number of nitrogens with zero attached hydrogens (tertiary/aromatic N) is 2. The monoisotopic (exact) mass is 1530 g/mol. The molecular weight excluding hydrogens is 1410 g/mol. The molecule has 606 valence electrons. The average molecular weight is 1530 g/mol. The van der Waals surface area contributed by atoms with Gasteiger partial charge >= 0.3 is 5.97 Å². The first-order valence-corrected chi connectivity index (χ1v) is 38.7. The zero-order chi connectivity index (χ0) is 79.0. The van der Waals surface area contributed by atoms with Crippen molar-refractivity contribution in [3.63, 3.8) is 0 Å². The standard InChI is InChI=1S/C76H119N15O18/c1-2-3-27-58(85-67(96)51-109-44-42-107-40-38-82-66(95)50-108-43-41-106-39-37-81-64(93)31-17-12-10-8-6-4-5-7-9-11-13-18-32-68(97)98)70(100)88-60-33-34-65(94)80-35-22-21-29-57(69(77)99)86-73(103)62(46-53-48-84-56-28-20-19-26-55(53)56)89-71(101)59(30-23-36-83-76(78)79)87-72(102)61(45-52-24-15-14-16-25-52)90-74(104)63-47-54(92)49-91(63)75(60)105/h14-16,19-20,24-26,28,48,54,57-63,84,92H,2-13,17-18,21-23,27,29-47,49-51H2,1H3,(H2,77,99)(H,80,94)(H,81,93)(H,82,95)(H,85,96)(H,86,103)(H,87,102)(H,88,100)(H,89,101)(H,90,104)(H,97,98)(H4,78,79,83)/t54-,57+,58+,59+,60+,61-,62+,63+/m1/s1. The molecule has 109 heavy (non-hydrogen) atoms. The molecule has 2 aliphatic heterocycles. The van der Waals surface area contributed by atoms with Gasteiger partial charge in [-0.05, 0) is 75.0 Å². The van der Waals surface area contributed by atoms with Gasteiger partial charge in [-0.3, -0.25) is 62.5 Å². The van der Waals surface area contributed by atoms with E-state index in [0.717, 1.165) is 67.2 Å². The van der Waals surface area contributed by atoms with Crippen molar-refractivity contribution in [2.24, 2.45) is 22.2 Å². The van der Waals surface area contributed by atoms with Crippen LogP contribution in [0.5, 0.6) is 0 Å². The number of para-hydroxylation sites is 1. The van der Waals surface area contributed by atoms with E-state index in [4.69, 9.17) is 41.3 Å². The molecule has 2 fully saturated rings. The van der Waals surface area contributed by atoms with E-state index in [2.05, 4.69) is 57.8 Å². The third kappa shape index (κ3) is 37.1. The van der Waals surface area contributed by atoms with Gasteiger partial charge in [-0.1, -0.05) is 133 Å². The Kier molecular flexibility index (Phi) is 43.7. The second-order valence-corrected chi connectivity index (χ2v) is 27.6. The Bertz CT molecular complexity index is 3340. The van der Waals surface area contributed by atoms with Crippen molar-refractivity contribution < 1.29 is 86.7 Å². The van der Waals surface area contributed by atoms with Crippen LogP contribution in [0.2, 0.25) is 0 Å². The zero-order valence-electron chi connectivity index (χ0n) is 63.2. The maximum Gasteiger partial charge on any atom is 0.303 e. The fraction of sp³-hybridized carbons (Fsp3) is 0.645. The van der Waals surface area contributed by atoms with Crippen LogP contribution in [0.3, 0.4) is 0 Å². The number of H-pyrrole nitrogens is 1. The second-order valence-electron chi connectivity index (χ2n) is 27.6. The van der Waals surface area contributed by atoms with Gasteiger partial charge in [0.1, 0.15) is 55.5 Å². The summed E-state index contributed by atoms with van der Waals surface area (Å²) in [5, 5.41) is 45.4. The van der Waals surface area contributed by atoms with E-state index in [1.807, 2.05) is 31.2 Å². The molecule has 2 aliphatic rings. The molecule has 11 amide bonds. The molecule has 18 N–H and O–H groups in total. The Morgan fingerprint density at radius 1 is 0.624 bits per heavy atom. The molecule has 8 atom stereocenters. The highest BCUT2D eigenvalue weighted by molar-refractivity contribution is 5.98. The number of aromatic nitrogens is 1. The van der Waals surface area contributed by atoms with Crippen molar-refractivity contribution in [2.45, 2.75) is 229 Å². The lowest BCUT2D eigenvalue weighted by Crippen LogP contribution is -2.60. The highest BCUT2D eigenvalue weighted by Gasteiger charge is 2.43. The minimum absolute atomic E-state index is 0.0160. The van der Waals surface area contributed by atoms with Crippen LogP contribution in [0.4, 0.5) is 0 Å². The number of nitrogens with two attached hydrogens (primary N) is 3. The molecule has 1 aromatic heterocycles. The smallest absolute Gasteiger partial charge is 0.303 e. The SMILES string of the molecule is CCCC[C@H](NC(=O)COCCOCCNC(=O)COCCOCCNC(=O)CCCCCCCCCCCCCCC(=O)O)C(=O)N[C@H]1CCC(=O)NCCCC[C@@H](C(N)=O)NC(=O)[C@H](Cc2c[nH]c3ccccc23)NC(=O)[C@H](CCCN=C(N)N)NC(=O)[C@@H](Cc2ccccc2)NC(=O)[C@@H]2C[C@@H](O)CN2C1=O. The highest BCUT2D eigenvalue weighted by Crippen LogP contribution is 2.24. The normalized spacial score (nSPS) is 19.5. The summed E-state index contributed by atoms with van der Waals surface area (Å²) in [6.07, 6.45) is 14.7. The van der Waals surface area contributed by atoms with Crippen molar-refractivity contribution >= 4 is 87.8 Å². The Hall–Kier alpha value is -9.31. The summed E-state index contributed by atoms with van der Waals surface area (Å²) >= 11 is 0. The van der Waals surface area contributed by atoms with E-state index >= 15 is 0 Å². The van der Waals surface area contributed by atoms with E-state index in [0.29, 0.717) is 50.0 Å². The van der Waals surface area contributed by atoms with Gasteiger partial charge in [0.05, 0.1) is 45.7 Å². The van der Waals surface area contributed by atoms with Crippen LogP contribution in [-0.4, -0.2) is 231 Å². The number of aliphatic carboxylic acids is 1. The third-order valence-electron chi connectivity index (χ3n) is 18.7. The summed E-state index contributed by atoms with van der Waals surface area (Å²) in [6.45, 7) is 2.29. The van der Waals surface area contributed by atoms with Crippen molar-refractivity contribution in [3.05, 3.63) is 71.9 Å². The number of amides is 11. The van der Waals surface area contributed by atoms with Crippen LogP contribution < -0.4 is 65.1 Å². The molecule has 3 aromatic rings. The van der Waals surface area contributed by atoms with Gasteiger partial charge < -0.3 is 104 Å². The predicted molar refractivity (Wildman–Crippen MR) is 406 cm³/mol. The van der Waals surface area contributed by atoms with Gasteiger partial charge in [-0.25, -0.2) is 0 Å². The van der Waals surface area contributed by atoms with E-state index in [1.54, 1.807) is 36.5 Å². The number of carboxylic acid groups (broad SMARTS) is 1. The molecule has 0 radical (unpaired) electrons. The van der Waals surface area contributed by atoms with Crippen LogP contribution in [0.1, 0.15) is 179 Å². The summed E-state index contributed by atoms with van der Waals surface area (Å²) < 4.78 is 22.0. The maximum atomic E-state index is 15.0.